The SMILES string of the molecule is Cc1ncc(NC(=O)NCc2ccccc2CC(F)(F)F)c(C2CC2)n1. The topological polar surface area (TPSA) is 66.9 Å². The van der Waals surface area contributed by atoms with Crippen LogP contribution in [-0.2, 0) is 13.0 Å². The van der Waals surface area contributed by atoms with E-state index in [1.165, 1.54) is 6.07 Å². The molecular formula is C18H19F3N4O. The fraction of sp³-hybridized carbons (Fsp3) is 0.389. The van der Waals surface area contributed by atoms with E-state index in [0.29, 0.717) is 23.0 Å². The number of nitrogens with zero attached hydrogens (tertiary/aromatic N) is 2. The molecule has 0 aliphatic heterocycles. The Labute approximate surface area is 149 Å². The summed E-state index contributed by atoms with van der Waals surface area (Å²) < 4.78 is 38.0. The molecule has 0 radical (unpaired) electrons. The first-order chi connectivity index (χ1) is 12.3. The zero-order chi connectivity index (χ0) is 18.7. The van der Waals surface area contributed by atoms with Gasteiger partial charge in [0, 0.05) is 12.5 Å². The van der Waals surface area contributed by atoms with Crippen LogP contribution >= 0.6 is 0 Å². The number of benzene rings is 1. The number of hydrogen-bond donors (Lipinski definition) is 2. The first-order valence-electron chi connectivity index (χ1n) is 8.34. The van der Waals surface area contributed by atoms with Crippen LogP contribution < -0.4 is 10.6 Å². The van der Waals surface area contributed by atoms with Gasteiger partial charge in [-0.25, -0.2) is 14.8 Å². The maximum Gasteiger partial charge on any atom is 0.393 e. The highest BCUT2D eigenvalue weighted by Crippen LogP contribution is 2.42. The Morgan fingerprint density at radius 1 is 1.23 bits per heavy atom. The van der Waals surface area contributed by atoms with Gasteiger partial charge in [0.25, 0.3) is 0 Å². The Morgan fingerprint density at radius 2 is 1.92 bits per heavy atom. The predicted molar refractivity (Wildman–Crippen MR) is 90.8 cm³/mol. The number of carbonyl (C=O) groups excluding carboxylic acids is 1. The van der Waals surface area contributed by atoms with Gasteiger partial charge in [-0.2, -0.15) is 13.2 Å². The van der Waals surface area contributed by atoms with E-state index in [4.69, 9.17) is 0 Å². The second-order valence-corrected chi connectivity index (χ2v) is 6.36. The summed E-state index contributed by atoms with van der Waals surface area (Å²) in [5.74, 6) is 0.971. The highest BCUT2D eigenvalue weighted by atomic mass is 19.4. The highest BCUT2D eigenvalue weighted by Gasteiger charge is 2.29. The van der Waals surface area contributed by atoms with Gasteiger partial charge in [0.2, 0.25) is 0 Å². The second kappa shape index (κ2) is 7.31. The number of carbonyl (C=O) groups is 1. The molecule has 1 aliphatic carbocycles. The van der Waals surface area contributed by atoms with Gasteiger partial charge in [-0.15, -0.1) is 0 Å². The lowest BCUT2D eigenvalue weighted by Gasteiger charge is -2.14. The number of rotatable bonds is 5. The molecule has 2 amide bonds. The van der Waals surface area contributed by atoms with E-state index in [2.05, 4.69) is 20.6 Å². The van der Waals surface area contributed by atoms with E-state index in [1.807, 2.05) is 0 Å². The van der Waals surface area contributed by atoms with Crippen LogP contribution in [0.4, 0.5) is 23.7 Å². The number of nitrogens with one attached hydrogen (secondary N) is 2. The highest BCUT2D eigenvalue weighted by molar-refractivity contribution is 5.89. The van der Waals surface area contributed by atoms with Crippen molar-refractivity contribution in [1.29, 1.82) is 0 Å². The van der Waals surface area contributed by atoms with Gasteiger partial charge in [-0.05, 0) is 30.9 Å². The van der Waals surface area contributed by atoms with Crippen LogP contribution in [0.3, 0.4) is 0 Å². The summed E-state index contributed by atoms with van der Waals surface area (Å²) in [5, 5.41) is 5.30. The smallest absolute Gasteiger partial charge is 0.334 e. The van der Waals surface area contributed by atoms with Crippen molar-refractivity contribution in [2.24, 2.45) is 0 Å². The molecule has 1 aromatic heterocycles. The van der Waals surface area contributed by atoms with Crippen molar-refractivity contribution in [2.75, 3.05) is 5.32 Å². The molecule has 0 atom stereocenters. The molecule has 1 fully saturated rings. The molecule has 2 N–H and O–H groups in total. The Hall–Kier alpha value is -2.64. The number of aromatic nitrogens is 2. The molecule has 2 aromatic rings. The second-order valence-electron chi connectivity index (χ2n) is 6.36. The lowest BCUT2D eigenvalue weighted by Crippen LogP contribution is -2.29. The van der Waals surface area contributed by atoms with Gasteiger partial charge in [0.05, 0.1) is 24.0 Å². The Bertz CT molecular complexity index is 803. The molecule has 1 heterocycles. The van der Waals surface area contributed by atoms with E-state index in [0.717, 1.165) is 18.5 Å². The third-order valence-corrected chi connectivity index (χ3v) is 4.10. The van der Waals surface area contributed by atoms with Gasteiger partial charge >= 0.3 is 12.2 Å². The van der Waals surface area contributed by atoms with Crippen molar-refractivity contribution in [1.82, 2.24) is 15.3 Å². The summed E-state index contributed by atoms with van der Waals surface area (Å²) in [7, 11) is 0. The maximum atomic E-state index is 12.7. The minimum absolute atomic E-state index is 0.00354. The minimum atomic E-state index is -4.29. The standard InChI is InChI=1S/C18H19F3N4O/c1-11-22-10-15(16(24-11)12-6-7-12)25-17(26)23-9-14-5-3-2-4-13(14)8-18(19,20)21/h2-5,10,12H,6-9H2,1H3,(H2,23,25,26). The van der Waals surface area contributed by atoms with Crippen molar-refractivity contribution < 1.29 is 18.0 Å². The van der Waals surface area contributed by atoms with Crippen LogP contribution in [0.15, 0.2) is 30.5 Å². The first-order valence-corrected chi connectivity index (χ1v) is 8.34. The quantitative estimate of drug-likeness (QED) is 0.840. The van der Waals surface area contributed by atoms with Crippen LogP contribution in [0.2, 0.25) is 0 Å². The van der Waals surface area contributed by atoms with Crippen molar-refractivity contribution >= 4 is 11.7 Å². The van der Waals surface area contributed by atoms with Gasteiger partial charge in [0.15, 0.2) is 0 Å². The summed E-state index contributed by atoms with van der Waals surface area (Å²) in [4.78, 5) is 20.6. The fourth-order valence-corrected chi connectivity index (χ4v) is 2.71. The third-order valence-electron chi connectivity index (χ3n) is 4.10. The third kappa shape index (κ3) is 4.93. The summed E-state index contributed by atoms with van der Waals surface area (Å²) >= 11 is 0. The number of aryl methyl sites for hydroxylation is 1. The van der Waals surface area contributed by atoms with Crippen molar-refractivity contribution in [3.63, 3.8) is 0 Å². The van der Waals surface area contributed by atoms with Crippen LogP contribution in [-0.4, -0.2) is 22.2 Å². The molecule has 0 saturated heterocycles. The number of alkyl halides is 3. The normalized spacial score (nSPS) is 14.2. The molecule has 26 heavy (non-hydrogen) atoms. The number of amides is 2. The molecule has 5 nitrogen and oxygen atoms in total. The van der Waals surface area contributed by atoms with E-state index < -0.39 is 18.6 Å². The van der Waals surface area contributed by atoms with Gasteiger partial charge in [-0.1, -0.05) is 24.3 Å². The largest absolute Gasteiger partial charge is 0.393 e. The van der Waals surface area contributed by atoms with E-state index >= 15 is 0 Å². The van der Waals surface area contributed by atoms with Crippen LogP contribution in [0.25, 0.3) is 0 Å². The number of anilines is 1. The van der Waals surface area contributed by atoms with Gasteiger partial charge in [0.1, 0.15) is 5.82 Å². The number of hydrogen-bond acceptors (Lipinski definition) is 3. The molecule has 1 aliphatic rings. The lowest BCUT2D eigenvalue weighted by molar-refractivity contribution is -0.127. The van der Waals surface area contributed by atoms with E-state index in [1.54, 1.807) is 31.3 Å². The molecule has 1 saturated carbocycles. The zero-order valence-electron chi connectivity index (χ0n) is 14.2. The van der Waals surface area contributed by atoms with Crippen molar-refractivity contribution in [3.8, 4) is 0 Å². The van der Waals surface area contributed by atoms with Crippen molar-refractivity contribution in [3.05, 3.63) is 53.1 Å². The Morgan fingerprint density at radius 3 is 2.58 bits per heavy atom. The molecule has 0 bridgehead atoms. The average molecular weight is 364 g/mol. The Balaban J connectivity index is 1.64. The van der Waals surface area contributed by atoms with Crippen LogP contribution in [0.5, 0.6) is 0 Å². The Kier molecular flexibility index (Phi) is 5.11. The average Bonchev–Trinajstić information content (AvgIpc) is 3.39. The molecule has 138 valence electrons. The molecule has 1 aromatic carbocycles. The summed E-state index contributed by atoms with van der Waals surface area (Å²) in [5.41, 5.74) is 1.93. The summed E-state index contributed by atoms with van der Waals surface area (Å²) in [6, 6.07) is 5.69. The first kappa shape index (κ1) is 18.2. The van der Waals surface area contributed by atoms with Gasteiger partial charge < -0.3 is 10.6 Å². The number of urea groups is 1. The molecule has 8 heteroatoms. The maximum absolute atomic E-state index is 12.7. The molecule has 0 unspecified atom stereocenters. The summed E-state index contributed by atoms with van der Waals surface area (Å²) in [6.45, 7) is 1.79. The predicted octanol–water partition coefficient (Wildman–Crippen LogP) is 4.09. The van der Waals surface area contributed by atoms with E-state index in [9.17, 15) is 18.0 Å². The van der Waals surface area contributed by atoms with Crippen molar-refractivity contribution in [2.45, 2.75) is 44.8 Å². The lowest BCUT2D eigenvalue weighted by atomic mass is 10.0. The zero-order valence-corrected chi connectivity index (χ0v) is 14.2. The van der Waals surface area contributed by atoms with Gasteiger partial charge in [-0.3, -0.25) is 0 Å². The minimum Gasteiger partial charge on any atom is -0.334 e. The van der Waals surface area contributed by atoms with Crippen LogP contribution in [0, 0.1) is 6.92 Å². The fourth-order valence-electron chi connectivity index (χ4n) is 2.71. The van der Waals surface area contributed by atoms with E-state index in [-0.39, 0.29) is 12.1 Å². The molecule has 0 spiro atoms. The molecule has 3 rings (SSSR count). The summed E-state index contributed by atoms with van der Waals surface area (Å²) in [6.07, 6.45) is -1.71. The molecular weight excluding hydrogens is 345 g/mol. The number of halogens is 3. The monoisotopic (exact) mass is 364 g/mol. The van der Waals surface area contributed by atoms with Crippen LogP contribution in [0.1, 0.15) is 41.4 Å².